The van der Waals surface area contributed by atoms with Gasteiger partial charge in [-0.3, -0.25) is 0 Å². The number of hydrogen-bond acceptors (Lipinski definition) is 5. The largest absolute Gasteiger partial charge is 0.419 e. The smallest absolute Gasteiger partial charge is 0.247 e. The predicted octanol–water partition coefficient (Wildman–Crippen LogP) is 1.39. The van der Waals surface area contributed by atoms with E-state index in [-0.39, 0.29) is 0 Å². The van der Waals surface area contributed by atoms with E-state index in [1.165, 1.54) is 7.11 Å². The highest BCUT2D eigenvalue weighted by molar-refractivity contribution is 5.51. The average molecular weight is 205 g/mol. The van der Waals surface area contributed by atoms with Gasteiger partial charge in [0.15, 0.2) is 0 Å². The first-order chi connectivity index (χ1) is 7.40. The highest BCUT2D eigenvalue weighted by Crippen LogP contribution is 2.16. The molecule has 0 amide bonds. The fourth-order valence-electron chi connectivity index (χ4n) is 1.16. The van der Waals surface area contributed by atoms with E-state index in [1.54, 1.807) is 0 Å². The van der Waals surface area contributed by atoms with Crippen molar-refractivity contribution >= 4 is 0 Å². The number of hydroxylamine groups is 1. The predicted molar refractivity (Wildman–Crippen MR) is 53.6 cm³/mol. The summed E-state index contributed by atoms with van der Waals surface area (Å²) in [6, 6.07) is 9.62. The second-order valence-electron chi connectivity index (χ2n) is 2.89. The molecule has 0 bridgehead atoms. The molecular formula is C10H11N3O2. The van der Waals surface area contributed by atoms with Gasteiger partial charge >= 0.3 is 0 Å². The van der Waals surface area contributed by atoms with Crippen LogP contribution in [0, 0.1) is 0 Å². The molecule has 0 aliphatic rings. The summed E-state index contributed by atoms with van der Waals surface area (Å²) in [5, 5.41) is 7.80. The van der Waals surface area contributed by atoms with Crippen molar-refractivity contribution in [3.05, 3.63) is 36.2 Å². The Hall–Kier alpha value is -1.72. The lowest BCUT2D eigenvalue weighted by Crippen LogP contribution is -2.10. The summed E-state index contributed by atoms with van der Waals surface area (Å²) in [4.78, 5) is 4.68. The van der Waals surface area contributed by atoms with Crippen molar-refractivity contribution in [3.63, 3.8) is 0 Å². The van der Waals surface area contributed by atoms with Gasteiger partial charge in [-0.05, 0) is 12.1 Å². The minimum absolute atomic E-state index is 0.399. The summed E-state index contributed by atoms with van der Waals surface area (Å²) in [5.41, 5.74) is 3.54. The van der Waals surface area contributed by atoms with Gasteiger partial charge in [0, 0.05) is 5.56 Å². The van der Waals surface area contributed by atoms with Crippen LogP contribution in [0.2, 0.25) is 0 Å². The molecule has 1 aromatic heterocycles. The highest BCUT2D eigenvalue weighted by atomic mass is 16.6. The maximum Gasteiger partial charge on any atom is 0.247 e. The Morgan fingerprint density at radius 3 is 2.80 bits per heavy atom. The van der Waals surface area contributed by atoms with Crippen LogP contribution in [0.5, 0.6) is 0 Å². The van der Waals surface area contributed by atoms with Crippen LogP contribution >= 0.6 is 0 Å². The quantitative estimate of drug-likeness (QED) is 0.764. The summed E-state index contributed by atoms with van der Waals surface area (Å²) in [6.45, 7) is 0.399. The zero-order valence-corrected chi connectivity index (χ0v) is 8.30. The maximum atomic E-state index is 5.41. The SMILES string of the molecule is CONCc1nnc(-c2ccccc2)o1. The van der Waals surface area contributed by atoms with Gasteiger partial charge in [-0.2, -0.15) is 5.48 Å². The van der Waals surface area contributed by atoms with Crippen molar-refractivity contribution in [2.24, 2.45) is 0 Å². The molecule has 0 unspecified atom stereocenters. The van der Waals surface area contributed by atoms with E-state index in [2.05, 4.69) is 20.5 Å². The molecule has 0 aliphatic heterocycles. The first-order valence-electron chi connectivity index (χ1n) is 4.54. The maximum absolute atomic E-state index is 5.41. The first kappa shape index (κ1) is 9.82. The molecule has 2 rings (SSSR count). The molecule has 0 fully saturated rings. The molecule has 5 nitrogen and oxygen atoms in total. The number of aromatic nitrogens is 2. The van der Waals surface area contributed by atoms with Crippen molar-refractivity contribution in [1.82, 2.24) is 15.7 Å². The van der Waals surface area contributed by atoms with Gasteiger partial charge in [0.05, 0.1) is 13.7 Å². The fourth-order valence-corrected chi connectivity index (χ4v) is 1.16. The molecule has 0 saturated heterocycles. The molecule has 2 aromatic rings. The zero-order valence-electron chi connectivity index (χ0n) is 8.30. The monoisotopic (exact) mass is 205 g/mol. The molecule has 0 spiro atoms. The molecule has 78 valence electrons. The third-order valence-corrected chi connectivity index (χ3v) is 1.86. The van der Waals surface area contributed by atoms with E-state index in [1.807, 2.05) is 30.3 Å². The minimum atomic E-state index is 0.399. The van der Waals surface area contributed by atoms with E-state index in [0.717, 1.165) is 5.56 Å². The molecule has 15 heavy (non-hydrogen) atoms. The standard InChI is InChI=1S/C10H11N3O2/c1-14-11-7-9-12-13-10(15-9)8-5-3-2-4-6-8/h2-6,11H,7H2,1H3. The van der Waals surface area contributed by atoms with Gasteiger partial charge in [-0.1, -0.05) is 18.2 Å². The molecule has 1 N–H and O–H groups in total. The number of nitrogens with one attached hydrogen (secondary N) is 1. The van der Waals surface area contributed by atoms with Gasteiger partial charge in [0.2, 0.25) is 11.8 Å². The van der Waals surface area contributed by atoms with Gasteiger partial charge in [-0.25, -0.2) is 0 Å². The third-order valence-electron chi connectivity index (χ3n) is 1.86. The topological polar surface area (TPSA) is 60.2 Å². The van der Waals surface area contributed by atoms with Crippen LogP contribution in [0.15, 0.2) is 34.7 Å². The van der Waals surface area contributed by atoms with Crippen LogP contribution in [-0.2, 0) is 11.4 Å². The van der Waals surface area contributed by atoms with E-state index in [9.17, 15) is 0 Å². The summed E-state index contributed by atoms with van der Waals surface area (Å²) in [5.74, 6) is 1.01. The lowest BCUT2D eigenvalue weighted by molar-refractivity contribution is 0.0807. The summed E-state index contributed by atoms with van der Waals surface area (Å²) in [7, 11) is 1.54. The first-order valence-corrected chi connectivity index (χ1v) is 4.54. The van der Waals surface area contributed by atoms with Crippen LogP contribution in [-0.4, -0.2) is 17.3 Å². The second kappa shape index (κ2) is 4.68. The average Bonchev–Trinajstić information content (AvgIpc) is 2.76. The third kappa shape index (κ3) is 2.39. The highest BCUT2D eigenvalue weighted by Gasteiger charge is 2.06. The molecule has 0 atom stereocenters. The van der Waals surface area contributed by atoms with Crippen LogP contribution in [0.3, 0.4) is 0 Å². The van der Waals surface area contributed by atoms with Crippen LogP contribution < -0.4 is 5.48 Å². The molecule has 5 heteroatoms. The van der Waals surface area contributed by atoms with E-state index in [0.29, 0.717) is 18.3 Å². The molecule has 1 aromatic carbocycles. The lowest BCUT2D eigenvalue weighted by Gasteiger charge is -1.95. The fraction of sp³-hybridized carbons (Fsp3) is 0.200. The minimum Gasteiger partial charge on any atom is -0.419 e. The van der Waals surface area contributed by atoms with Crippen molar-refractivity contribution in [2.75, 3.05) is 7.11 Å². The molecular weight excluding hydrogens is 194 g/mol. The number of rotatable bonds is 4. The van der Waals surface area contributed by atoms with Crippen LogP contribution in [0.4, 0.5) is 0 Å². The zero-order chi connectivity index (χ0) is 10.5. The van der Waals surface area contributed by atoms with Crippen LogP contribution in [0.1, 0.15) is 5.89 Å². The summed E-state index contributed by atoms with van der Waals surface area (Å²) in [6.07, 6.45) is 0. The Bertz CT molecular complexity index is 414. The molecule has 1 heterocycles. The van der Waals surface area contributed by atoms with Crippen molar-refractivity contribution in [1.29, 1.82) is 0 Å². The summed E-state index contributed by atoms with van der Waals surface area (Å²) < 4.78 is 5.41. The Morgan fingerprint density at radius 1 is 1.27 bits per heavy atom. The van der Waals surface area contributed by atoms with Gasteiger partial charge in [0.1, 0.15) is 0 Å². The molecule has 0 aliphatic carbocycles. The molecule has 0 radical (unpaired) electrons. The van der Waals surface area contributed by atoms with Crippen molar-refractivity contribution in [2.45, 2.75) is 6.54 Å². The van der Waals surface area contributed by atoms with Gasteiger partial charge in [0.25, 0.3) is 0 Å². The van der Waals surface area contributed by atoms with E-state index >= 15 is 0 Å². The number of nitrogens with zero attached hydrogens (tertiary/aromatic N) is 2. The van der Waals surface area contributed by atoms with Crippen molar-refractivity contribution in [3.8, 4) is 11.5 Å². The number of benzene rings is 1. The Morgan fingerprint density at radius 2 is 2.07 bits per heavy atom. The van der Waals surface area contributed by atoms with E-state index < -0.39 is 0 Å². The van der Waals surface area contributed by atoms with Gasteiger partial charge in [-0.15, -0.1) is 10.2 Å². The second-order valence-corrected chi connectivity index (χ2v) is 2.89. The Kier molecular flexibility index (Phi) is 3.06. The summed E-state index contributed by atoms with van der Waals surface area (Å²) >= 11 is 0. The van der Waals surface area contributed by atoms with Gasteiger partial charge < -0.3 is 9.25 Å². The normalized spacial score (nSPS) is 10.5. The van der Waals surface area contributed by atoms with E-state index in [4.69, 9.17) is 4.42 Å². The number of hydrogen-bond donors (Lipinski definition) is 1. The lowest BCUT2D eigenvalue weighted by atomic mass is 10.2. The van der Waals surface area contributed by atoms with Crippen molar-refractivity contribution < 1.29 is 9.25 Å². The van der Waals surface area contributed by atoms with Crippen LogP contribution in [0.25, 0.3) is 11.5 Å². The molecule has 0 saturated carbocycles. The Balaban J connectivity index is 2.14. The Labute approximate surface area is 87.0 Å².